The summed E-state index contributed by atoms with van der Waals surface area (Å²) in [7, 11) is 0. The van der Waals surface area contributed by atoms with Gasteiger partial charge in [0.15, 0.2) is 0 Å². The molecule has 1 fully saturated rings. The molecule has 0 spiro atoms. The van der Waals surface area contributed by atoms with E-state index in [1.165, 1.54) is 0 Å². The van der Waals surface area contributed by atoms with E-state index in [9.17, 15) is 4.79 Å². The van der Waals surface area contributed by atoms with E-state index < -0.39 is 5.97 Å². The van der Waals surface area contributed by atoms with Crippen LogP contribution in [-0.2, 0) is 4.79 Å². The smallest absolute Gasteiger partial charge is 0.305 e. The molecule has 0 bridgehead atoms. The van der Waals surface area contributed by atoms with E-state index in [0.29, 0.717) is 18.1 Å². The van der Waals surface area contributed by atoms with Gasteiger partial charge in [-0.15, -0.1) is 0 Å². The quantitative estimate of drug-likeness (QED) is 0.762. The second-order valence-electron chi connectivity index (χ2n) is 4.87. The lowest BCUT2D eigenvalue weighted by molar-refractivity contribution is -0.139. The van der Waals surface area contributed by atoms with Gasteiger partial charge < -0.3 is 15.7 Å². The predicted octanol–water partition coefficient (Wildman–Crippen LogP) is 1.81. The van der Waals surface area contributed by atoms with Gasteiger partial charge in [-0.3, -0.25) is 4.79 Å². The van der Waals surface area contributed by atoms with Crippen molar-refractivity contribution in [2.24, 2.45) is 0 Å². The normalized spacial score (nSPS) is 19.0. The van der Waals surface area contributed by atoms with Crippen LogP contribution in [0.15, 0.2) is 24.3 Å². The topological polar surface area (TPSA) is 61.4 Å². The number of carboxylic acid groups (broad SMARTS) is 1. The summed E-state index contributed by atoms with van der Waals surface area (Å²) in [6.07, 6.45) is 0.137. The van der Waals surface area contributed by atoms with Crippen molar-refractivity contribution in [3.8, 4) is 0 Å². The van der Waals surface area contributed by atoms with Crippen molar-refractivity contribution in [3.05, 3.63) is 34.9 Å². The standard InChI is InChI=1S/C13H17ClN2O2/c1-9(10-2-4-11(14)5-3-10)16-13(6-12(17)18)7-15-8-13/h2-5,9,15-16H,6-8H2,1H3,(H,17,18)/t9-/m1/s1. The minimum Gasteiger partial charge on any atom is -0.481 e. The molecule has 0 saturated carbocycles. The first kappa shape index (κ1) is 13.3. The zero-order valence-corrected chi connectivity index (χ0v) is 11.0. The highest BCUT2D eigenvalue weighted by Crippen LogP contribution is 2.23. The lowest BCUT2D eigenvalue weighted by Crippen LogP contribution is -2.68. The van der Waals surface area contributed by atoms with Crippen molar-refractivity contribution in [1.82, 2.24) is 10.6 Å². The summed E-state index contributed by atoms with van der Waals surface area (Å²) in [5.41, 5.74) is 0.779. The summed E-state index contributed by atoms with van der Waals surface area (Å²) in [6.45, 7) is 3.42. The highest BCUT2D eigenvalue weighted by atomic mass is 35.5. The second-order valence-corrected chi connectivity index (χ2v) is 5.31. The number of carbonyl (C=O) groups is 1. The molecule has 1 aromatic carbocycles. The fourth-order valence-electron chi connectivity index (χ4n) is 2.29. The van der Waals surface area contributed by atoms with Crippen molar-refractivity contribution < 1.29 is 9.90 Å². The molecule has 0 amide bonds. The molecular weight excluding hydrogens is 252 g/mol. The van der Waals surface area contributed by atoms with E-state index in [-0.39, 0.29) is 18.0 Å². The van der Waals surface area contributed by atoms with Crippen LogP contribution in [0.4, 0.5) is 0 Å². The first-order valence-corrected chi connectivity index (χ1v) is 6.34. The third kappa shape index (κ3) is 3.02. The largest absolute Gasteiger partial charge is 0.481 e. The average molecular weight is 269 g/mol. The predicted molar refractivity (Wildman–Crippen MR) is 70.9 cm³/mol. The molecule has 1 heterocycles. The fraction of sp³-hybridized carbons (Fsp3) is 0.462. The van der Waals surface area contributed by atoms with Gasteiger partial charge in [-0.25, -0.2) is 0 Å². The molecule has 2 rings (SSSR count). The summed E-state index contributed by atoms with van der Waals surface area (Å²) < 4.78 is 0. The molecule has 0 aromatic heterocycles. The zero-order valence-electron chi connectivity index (χ0n) is 10.2. The van der Waals surface area contributed by atoms with Crippen LogP contribution in [0.3, 0.4) is 0 Å². The number of carboxylic acids is 1. The maximum absolute atomic E-state index is 10.9. The van der Waals surface area contributed by atoms with E-state index in [4.69, 9.17) is 16.7 Å². The van der Waals surface area contributed by atoms with Gasteiger partial charge in [-0.05, 0) is 24.6 Å². The van der Waals surface area contributed by atoms with Gasteiger partial charge in [0, 0.05) is 24.2 Å². The van der Waals surface area contributed by atoms with E-state index in [1.807, 2.05) is 31.2 Å². The van der Waals surface area contributed by atoms with Crippen molar-refractivity contribution in [2.75, 3.05) is 13.1 Å². The molecule has 18 heavy (non-hydrogen) atoms. The third-order valence-electron chi connectivity index (χ3n) is 3.31. The second kappa shape index (κ2) is 5.26. The molecule has 1 aliphatic heterocycles. The summed E-state index contributed by atoms with van der Waals surface area (Å²) in [6, 6.07) is 7.71. The van der Waals surface area contributed by atoms with Gasteiger partial charge in [0.2, 0.25) is 0 Å². The van der Waals surface area contributed by atoms with Gasteiger partial charge in [-0.1, -0.05) is 23.7 Å². The molecular formula is C13H17ClN2O2. The Labute approximate surface area is 111 Å². The van der Waals surface area contributed by atoms with Gasteiger partial charge >= 0.3 is 5.97 Å². The number of halogens is 1. The molecule has 0 aliphatic carbocycles. The Morgan fingerprint density at radius 3 is 2.56 bits per heavy atom. The Morgan fingerprint density at radius 1 is 1.50 bits per heavy atom. The lowest BCUT2D eigenvalue weighted by Gasteiger charge is -2.44. The van der Waals surface area contributed by atoms with Crippen LogP contribution in [-0.4, -0.2) is 29.7 Å². The Balaban J connectivity index is 2.03. The molecule has 1 saturated heterocycles. The zero-order chi connectivity index (χ0) is 13.2. The van der Waals surface area contributed by atoms with Crippen molar-refractivity contribution in [3.63, 3.8) is 0 Å². The number of benzene rings is 1. The van der Waals surface area contributed by atoms with Crippen LogP contribution in [0.25, 0.3) is 0 Å². The Morgan fingerprint density at radius 2 is 2.11 bits per heavy atom. The van der Waals surface area contributed by atoms with E-state index >= 15 is 0 Å². The number of nitrogens with one attached hydrogen (secondary N) is 2. The van der Waals surface area contributed by atoms with Gasteiger partial charge in [0.25, 0.3) is 0 Å². The number of hydrogen-bond acceptors (Lipinski definition) is 3. The van der Waals surface area contributed by atoms with Crippen molar-refractivity contribution >= 4 is 17.6 Å². The minimum atomic E-state index is -0.771. The van der Waals surface area contributed by atoms with Crippen LogP contribution in [0.5, 0.6) is 0 Å². The van der Waals surface area contributed by atoms with Gasteiger partial charge in [-0.2, -0.15) is 0 Å². The minimum absolute atomic E-state index is 0.101. The van der Waals surface area contributed by atoms with Crippen LogP contribution in [0, 0.1) is 0 Å². The molecule has 5 heteroatoms. The molecule has 3 N–H and O–H groups in total. The van der Waals surface area contributed by atoms with E-state index in [1.54, 1.807) is 0 Å². The lowest BCUT2D eigenvalue weighted by atomic mass is 9.87. The van der Waals surface area contributed by atoms with Crippen LogP contribution >= 0.6 is 11.6 Å². The van der Waals surface area contributed by atoms with Crippen LogP contribution < -0.4 is 10.6 Å². The number of rotatable bonds is 5. The Kier molecular flexibility index (Phi) is 3.90. The SMILES string of the molecule is C[C@@H](NC1(CC(=O)O)CNC1)c1ccc(Cl)cc1. The van der Waals surface area contributed by atoms with Crippen molar-refractivity contribution in [2.45, 2.75) is 24.9 Å². The summed E-state index contributed by atoms with van der Waals surface area (Å²) in [5.74, 6) is -0.771. The molecule has 1 aliphatic rings. The first-order chi connectivity index (χ1) is 8.51. The highest BCUT2D eigenvalue weighted by Gasteiger charge is 2.39. The van der Waals surface area contributed by atoms with E-state index in [2.05, 4.69) is 10.6 Å². The molecule has 4 nitrogen and oxygen atoms in total. The average Bonchev–Trinajstić information content (AvgIpc) is 2.26. The van der Waals surface area contributed by atoms with E-state index in [0.717, 1.165) is 5.56 Å². The molecule has 98 valence electrons. The first-order valence-electron chi connectivity index (χ1n) is 5.96. The summed E-state index contributed by atoms with van der Waals surface area (Å²) in [5, 5.41) is 16.2. The Hall–Kier alpha value is -1.10. The number of hydrogen-bond donors (Lipinski definition) is 3. The highest BCUT2D eigenvalue weighted by molar-refractivity contribution is 6.30. The third-order valence-corrected chi connectivity index (χ3v) is 3.56. The van der Waals surface area contributed by atoms with Gasteiger partial charge in [0.05, 0.1) is 12.0 Å². The molecule has 1 atom stereocenters. The summed E-state index contributed by atoms with van der Waals surface area (Å²) >= 11 is 5.85. The van der Waals surface area contributed by atoms with Crippen LogP contribution in [0.2, 0.25) is 5.02 Å². The van der Waals surface area contributed by atoms with Crippen molar-refractivity contribution in [1.29, 1.82) is 0 Å². The molecule has 1 aromatic rings. The number of aliphatic carboxylic acids is 1. The molecule has 0 radical (unpaired) electrons. The Bertz CT molecular complexity index is 429. The molecule has 0 unspecified atom stereocenters. The maximum atomic E-state index is 10.9. The monoisotopic (exact) mass is 268 g/mol. The fourth-order valence-corrected chi connectivity index (χ4v) is 2.41. The van der Waals surface area contributed by atoms with Crippen LogP contribution in [0.1, 0.15) is 24.9 Å². The summed E-state index contributed by atoms with van der Waals surface area (Å²) in [4.78, 5) is 10.9. The van der Waals surface area contributed by atoms with Gasteiger partial charge in [0.1, 0.15) is 0 Å². The maximum Gasteiger partial charge on any atom is 0.305 e.